The molecule has 2 aliphatic carbocycles. The van der Waals surface area contributed by atoms with Crippen LogP contribution in [0, 0.1) is 23.7 Å². The van der Waals surface area contributed by atoms with E-state index in [0.717, 1.165) is 23.3 Å². The normalized spacial score (nSPS) is 26.0. The summed E-state index contributed by atoms with van der Waals surface area (Å²) in [4.78, 5) is 25.0. The van der Waals surface area contributed by atoms with Crippen LogP contribution >= 0.6 is 0 Å². The summed E-state index contributed by atoms with van der Waals surface area (Å²) in [6.45, 7) is 0. The Morgan fingerprint density at radius 2 is 1.57 bits per heavy atom. The number of aliphatic carboxylic acids is 1. The monoisotopic (exact) mass is 377 g/mol. The zero-order valence-corrected chi connectivity index (χ0v) is 15.6. The van der Waals surface area contributed by atoms with Crippen LogP contribution < -0.4 is 10.1 Å². The number of allylic oxidation sites excluding steroid dienone is 2. The molecule has 0 heterocycles. The molecule has 1 amide bonds. The van der Waals surface area contributed by atoms with Gasteiger partial charge in [-0.3, -0.25) is 9.59 Å². The molecule has 4 rings (SSSR count). The number of amides is 1. The van der Waals surface area contributed by atoms with Gasteiger partial charge in [-0.05, 0) is 41.5 Å². The van der Waals surface area contributed by atoms with E-state index in [0.29, 0.717) is 0 Å². The van der Waals surface area contributed by atoms with Crippen LogP contribution in [0.3, 0.4) is 0 Å². The highest BCUT2D eigenvalue weighted by molar-refractivity contribution is 5.87. The Hall–Kier alpha value is -3.08. The van der Waals surface area contributed by atoms with Gasteiger partial charge in [0.05, 0.1) is 25.0 Å². The molecule has 144 valence electrons. The number of carboxylic acids is 1. The summed E-state index contributed by atoms with van der Waals surface area (Å²) in [6.07, 6.45) is 4.69. The van der Waals surface area contributed by atoms with Gasteiger partial charge in [0, 0.05) is 0 Å². The number of hydrogen-bond donors (Lipinski definition) is 2. The fraction of sp³-hybridized carbons (Fsp3) is 0.304. The van der Waals surface area contributed by atoms with Crippen molar-refractivity contribution in [3.63, 3.8) is 0 Å². The van der Waals surface area contributed by atoms with E-state index in [1.807, 2.05) is 66.7 Å². The number of carbonyl (C=O) groups excluding carboxylic acids is 1. The fourth-order valence-electron chi connectivity index (χ4n) is 4.56. The first kappa shape index (κ1) is 18.3. The lowest BCUT2D eigenvalue weighted by molar-refractivity contribution is -0.147. The van der Waals surface area contributed by atoms with E-state index < -0.39 is 17.8 Å². The van der Waals surface area contributed by atoms with Crippen LogP contribution in [0.25, 0.3) is 0 Å². The van der Waals surface area contributed by atoms with Crippen molar-refractivity contribution in [1.82, 2.24) is 5.32 Å². The second-order valence-corrected chi connectivity index (χ2v) is 7.46. The number of methoxy groups -OCH3 is 1. The van der Waals surface area contributed by atoms with E-state index >= 15 is 0 Å². The van der Waals surface area contributed by atoms with Gasteiger partial charge in [-0.2, -0.15) is 0 Å². The summed E-state index contributed by atoms with van der Waals surface area (Å²) in [5, 5.41) is 12.8. The average molecular weight is 377 g/mol. The summed E-state index contributed by atoms with van der Waals surface area (Å²) in [5.74, 6) is -1.58. The smallest absolute Gasteiger partial charge is 0.307 e. The predicted octanol–water partition coefficient (Wildman–Crippen LogP) is 3.42. The number of nitrogens with one attached hydrogen (secondary N) is 1. The molecule has 5 heteroatoms. The molecule has 1 saturated carbocycles. The maximum Gasteiger partial charge on any atom is 0.307 e. The molecule has 0 unspecified atom stereocenters. The molecule has 28 heavy (non-hydrogen) atoms. The Balaban J connectivity index is 1.63. The van der Waals surface area contributed by atoms with E-state index in [4.69, 9.17) is 4.74 Å². The molecular weight excluding hydrogens is 354 g/mol. The van der Waals surface area contributed by atoms with Crippen molar-refractivity contribution in [1.29, 1.82) is 0 Å². The minimum Gasteiger partial charge on any atom is -0.497 e. The summed E-state index contributed by atoms with van der Waals surface area (Å²) < 4.78 is 5.23. The van der Waals surface area contributed by atoms with Crippen LogP contribution in [0.1, 0.15) is 23.6 Å². The molecule has 2 N–H and O–H groups in total. The molecule has 2 bridgehead atoms. The fourth-order valence-corrected chi connectivity index (χ4v) is 4.56. The topological polar surface area (TPSA) is 75.6 Å². The van der Waals surface area contributed by atoms with Crippen molar-refractivity contribution >= 4 is 11.9 Å². The van der Waals surface area contributed by atoms with Crippen molar-refractivity contribution in [2.75, 3.05) is 7.11 Å². The largest absolute Gasteiger partial charge is 0.497 e. The van der Waals surface area contributed by atoms with Gasteiger partial charge in [0.15, 0.2) is 0 Å². The third-order valence-electron chi connectivity index (χ3n) is 5.92. The van der Waals surface area contributed by atoms with Crippen molar-refractivity contribution < 1.29 is 19.4 Å². The van der Waals surface area contributed by atoms with Gasteiger partial charge in [0.2, 0.25) is 5.91 Å². The van der Waals surface area contributed by atoms with Crippen molar-refractivity contribution in [2.24, 2.45) is 23.7 Å². The van der Waals surface area contributed by atoms with E-state index in [2.05, 4.69) is 5.32 Å². The Morgan fingerprint density at radius 3 is 2.18 bits per heavy atom. The Bertz CT molecular complexity index is 891. The molecule has 0 saturated heterocycles. The summed E-state index contributed by atoms with van der Waals surface area (Å²) in [6, 6.07) is 16.9. The number of benzene rings is 2. The number of carbonyl (C=O) groups is 2. The van der Waals surface area contributed by atoms with Gasteiger partial charge in [-0.25, -0.2) is 0 Å². The maximum atomic E-state index is 13.2. The third-order valence-corrected chi connectivity index (χ3v) is 5.92. The number of carboxylic acid groups (broad SMARTS) is 1. The van der Waals surface area contributed by atoms with Gasteiger partial charge < -0.3 is 15.2 Å². The van der Waals surface area contributed by atoms with Crippen LogP contribution in [0.2, 0.25) is 0 Å². The van der Waals surface area contributed by atoms with E-state index in [1.165, 1.54) is 0 Å². The average Bonchev–Trinajstić information content (AvgIpc) is 3.34. The molecule has 2 aromatic carbocycles. The summed E-state index contributed by atoms with van der Waals surface area (Å²) in [5.41, 5.74) is 1.87. The van der Waals surface area contributed by atoms with Crippen molar-refractivity contribution in [2.45, 2.75) is 12.5 Å². The Morgan fingerprint density at radius 1 is 0.964 bits per heavy atom. The highest BCUT2D eigenvalue weighted by Crippen LogP contribution is 2.48. The molecule has 0 radical (unpaired) electrons. The zero-order valence-electron chi connectivity index (χ0n) is 15.6. The molecular formula is C23H23NO4. The standard InChI is InChI=1S/C23H23NO4/c1-28-18-11-9-15(10-12-18)21(14-5-3-2-4-6-14)24-22(25)19-16-7-8-17(13-16)20(19)23(26)27/h2-12,16-17,19-21H,13H2,1H3,(H,24,25)(H,26,27)/t16-,17-,19-,20-,21+/m0/s1. The first-order valence-electron chi connectivity index (χ1n) is 9.49. The van der Waals surface area contributed by atoms with Crippen LogP contribution in [0.15, 0.2) is 66.7 Å². The van der Waals surface area contributed by atoms with Crippen LogP contribution in [-0.4, -0.2) is 24.1 Å². The number of hydrogen-bond acceptors (Lipinski definition) is 3. The van der Waals surface area contributed by atoms with Crippen LogP contribution in [-0.2, 0) is 9.59 Å². The minimum atomic E-state index is -0.891. The molecule has 1 fully saturated rings. The van der Waals surface area contributed by atoms with Gasteiger partial charge in [0.1, 0.15) is 5.75 Å². The minimum absolute atomic E-state index is 0.00149. The Kier molecular flexibility index (Phi) is 4.90. The lowest BCUT2D eigenvalue weighted by Crippen LogP contribution is -2.41. The molecule has 0 aliphatic heterocycles. The molecule has 0 spiro atoms. The predicted molar refractivity (Wildman–Crippen MR) is 105 cm³/mol. The summed E-state index contributed by atoms with van der Waals surface area (Å²) >= 11 is 0. The Labute approximate surface area is 164 Å². The first-order valence-corrected chi connectivity index (χ1v) is 9.49. The lowest BCUT2D eigenvalue weighted by atomic mass is 9.82. The zero-order chi connectivity index (χ0) is 19.7. The lowest BCUT2D eigenvalue weighted by Gasteiger charge is -2.27. The molecule has 2 aromatic rings. The quantitative estimate of drug-likeness (QED) is 0.757. The highest BCUT2D eigenvalue weighted by Gasteiger charge is 2.51. The molecule has 0 aromatic heterocycles. The number of rotatable bonds is 6. The van der Waals surface area contributed by atoms with Crippen molar-refractivity contribution in [3.05, 3.63) is 77.9 Å². The first-order chi connectivity index (χ1) is 13.6. The van der Waals surface area contributed by atoms with Gasteiger partial charge >= 0.3 is 5.97 Å². The summed E-state index contributed by atoms with van der Waals surface area (Å²) in [7, 11) is 1.61. The van der Waals surface area contributed by atoms with Gasteiger partial charge in [-0.15, -0.1) is 0 Å². The molecule has 2 aliphatic rings. The second-order valence-electron chi connectivity index (χ2n) is 7.46. The van der Waals surface area contributed by atoms with E-state index in [9.17, 15) is 14.7 Å². The third kappa shape index (κ3) is 3.28. The number of fused-ring (bicyclic) bond motifs is 2. The van der Waals surface area contributed by atoms with Crippen LogP contribution in [0.5, 0.6) is 5.75 Å². The highest BCUT2D eigenvalue weighted by atomic mass is 16.5. The van der Waals surface area contributed by atoms with E-state index in [1.54, 1.807) is 7.11 Å². The van der Waals surface area contributed by atoms with Gasteiger partial charge in [0.25, 0.3) is 0 Å². The second kappa shape index (κ2) is 7.50. The van der Waals surface area contributed by atoms with E-state index in [-0.39, 0.29) is 23.8 Å². The van der Waals surface area contributed by atoms with Crippen LogP contribution in [0.4, 0.5) is 0 Å². The number of ether oxygens (including phenoxy) is 1. The molecule has 5 atom stereocenters. The van der Waals surface area contributed by atoms with Gasteiger partial charge in [-0.1, -0.05) is 54.6 Å². The maximum absolute atomic E-state index is 13.2. The van der Waals surface area contributed by atoms with Crippen molar-refractivity contribution in [3.8, 4) is 5.75 Å². The SMILES string of the molecule is COc1ccc([C@H](NC(=O)[C@@H]2[C@@H](C(=O)O)[C@H]3C=C[C@H]2C3)c2ccccc2)cc1. The molecule has 5 nitrogen and oxygen atoms in total.